The number of nitrogens with one attached hydrogen (secondary N) is 1. The van der Waals surface area contributed by atoms with Crippen molar-refractivity contribution in [1.29, 1.82) is 0 Å². The molecule has 0 bridgehead atoms. The van der Waals surface area contributed by atoms with Gasteiger partial charge in [0.1, 0.15) is 0 Å². The molecule has 20 heavy (non-hydrogen) atoms. The third kappa shape index (κ3) is 4.03. The summed E-state index contributed by atoms with van der Waals surface area (Å²) in [5.41, 5.74) is 7.36. The number of anilines is 1. The lowest BCUT2D eigenvalue weighted by atomic mass is 9.91. The molecule has 1 amide bonds. The van der Waals surface area contributed by atoms with Crippen molar-refractivity contribution < 1.29 is 9.90 Å². The molecule has 0 heterocycles. The van der Waals surface area contributed by atoms with Gasteiger partial charge in [-0.25, -0.2) is 0 Å². The van der Waals surface area contributed by atoms with E-state index in [1.165, 1.54) is 6.42 Å². The third-order valence-corrected chi connectivity index (χ3v) is 3.80. The molecule has 1 saturated carbocycles. The first-order valence-electron chi connectivity index (χ1n) is 7.16. The van der Waals surface area contributed by atoms with Crippen LogP contribution >= 0.6 is 0 Å². The highest BCUT2D eigenvalue weighted by molar-refractivity contribution is 5.92. The van der Waals surface area contributed by atoms with Crippen LogP contribution in [0.4, 0.5) is 5.69 Å². The highest BCUT2D eigenvalue weighted by Gasteiger charge is 2.25. The highest BCUT2D eigenvalue weighted by Crippen LogP contribution is 2.24. The zero-order valence-corrected chi connectivity index (χ0v) is 11.7. The molecule has 0 aliphatic heterocycles. The smallest absolute Gasteiger partial charge is 0.238 e. The van der Waals surface area contributed by atoms with Gasteiger partial charge in [0.15, 0.2) is 0 Å². The van der Waals surface area contributed by atoms with E-state index in [1.807, 2.05) is 24.3 Å². The van der Waals surface area contributed by atoms with Crippen LogP contribution in [0.25, 0.3) is 0 Å². The monoisotopic (exact) mass is 277 g/mol. The van der Waals surface area contributed by atoms with Crippen LogP contribution in [0.2, 0.25) is 0 Å². The van der Waals surface area contributed by atoms with Gasteiger partial charge in [0.2, 0.25) is 5.91 Å². The van der Waals surface area contributed by atoms with Crippen LogP contribution < -0.4 is 11.1 Å². The van der Waals surface area contributed by atoms with Crippen molar-refractivity contribution >= 4 is 11.6 Å². The van der Waals surface area contributed by atoms with Crippen LogP contribution in [0.5, 0.6) is 0 Å². The topological polar surface area (TPSA) is 78.6 Å². The van der Waals surface area contributed by atoms with Crippen LogP contribution in [-0.4, -0.2) is 41.7 Å². The number of carbonyl (C=O) groups excluding carboxylic acids is 1. The molecule has 0 spiro atoms. The molecule has 1 aromatic rings. The molecule has 0 saturated heterocycles. The number of amides is 1. The standard InChI is InChI=1S/C15H23N3O2/c16-10-12-4-6-13(7-5-12)17-15(20)11-18(8-9-19)14-2-1-3-14/h4-7,14,19H,1-3,8-11,16H2,(H,17,20). The van der Waals surface area contributed by atoms with E-state index >= 15 is 0 Å². The summed E-state index contributed by atoms with van der Waals surface area (Å²) in [6.07, 6.45) is 3.46. The quantitative estimate of drug-likeness (QED) is 0.693. The maximum atomic E-state index is 12.0. The van der Waals surface area contributed by atoms with Crippen LogP contribution in [0, 0.1) is 0 Å². The Balaban J connectivity index is 1.86. The highest BCUT2D eigenvalue weighted by atomic mass is 16.3. The summed E-state index contributed by atoms with van der Waals surface area (Å²) in [6.45, 7) is 1.49. The van der Waals surface area contributed by atoms with Crippen molar-refractivity contribution in [3.8, 4) is 0 Å². The van der Waals surface area contributed by atoms with Gasteiger partial charge in [-0.3, -0.25) is 9.69 Å². The van der Waals surface area contributed by atoms with E-state index in [2.05, 4.69) is 10.2 Å². The first-order chi connectivity index (χ1) is 9.72. The molecule has 0 aromatic heterocycles. The summed E-state index contributed by atoms with van der Waals surface area (Å²) in [5.74, 6) is -0.0363. The van der Waals surface area contributed by atoms with Gasteiger partial charge in [-0.05, 0) is 30.5 Å². The van der Waals surface area contributed by atoms with Crippen molar-refractivity contribution in [2.45, 2.75) is 31.8 Å². The second kappa shape index (κ2) is 7.38. The van der Waals surface area contributed by atoms with E-state index < -0.39 is 0 Å². The number of nitrogens with zero attached hydrogens (tertiary/aromatic N) is 1. The number of aliphatic hydroxyl groups is 1. The summed E-state index contributed by atoms with van der Waals surface area (Å²) in [4.78, 5) is 14.1. The molecule has 0 atom stereocenters. The van der Waals surface area contributed by atoms with Crippen molar-refractivity contribution in [2.75, 3.05) is 25.0 Å². The van der Waals surface area contributed by atoms with E-state index in [-0.39, 0.29) is 12.5 Å². The molecule has 1 aromatic carbocycles. The van der Waals surface area contributed by atoms with Gasteiger partial charge in [-0.1, -0.05) is 18.6 Å². The second-order valence-electron chi connectivity index (χ2n) is 5.23. The first-order valence-corrected chi connectivity index (χ1v) is 7.16. The number of carbonyl (C=O) groups is 1. The SMILES string of the molecule is NCc1ccc(NC(=O)CN(CCO)C2CCC2)cc1. The summed E-state index contributed by atoms with van der Waals surface area (Å²) in [7, 11) is 0. The third-order valence-electron chi connectivity index (χ3n) is 3.80. The van der Waals surface area contributed by atoms with Gasteiger partial charge in [-0.2, -0.15) is 0 Å². The van der Waals surface area contributed by atoms with Crippen molar-refractivity contribution in [3.05, 3.63) is 29.8 Å². The Morgan fingerprint density at radius 2 is 2.05 bits per heavy atom. The minimum atomic E-state index is -0.0363. The molecule has 1 fully saturated rings. The van der Waals surface area contributed by atoms with Crippen molar-refractivity contribution in [1.82, 2.24) is 4.90 Å². The van der Waals surface area contributed by atoms with Gasteiger partial charge >= 0.3 is 0 Å². The molecule has 1 aliphatic carbocycles. The maximum absolute atomic E-state index is 12.0. The summed E-state index contributed by atoms with van der Waals surface area (Å²) < 4.78 is 0. The fourth-order valence-corrected chi connectivity index (χ4v) is 2.38. The molecule has 4 N–H and O–H groups in total. The predicted molar refractivity (Wildman–Crippen MR) is 79.3 cm³/mol. The Morgan fingerprint density at radius 3 is 2.55 bits per heavy atom. The molecule has 0 radical (unpaired) electrons. The van der Waals surface area contributed by atoms with Gasteiger partial charge in [-0.15, -0.1) is 0 Å². The van der Waals surface area contributed by atoms with Gasteiger partial charge in [0, 0.05) is 24.8 Å². The molecule has 5 nitrogen and oxygen atoms in total. The molecular formula is C15H23N3O2. The van der Waals surface area contributed by atoms with E-state index in [0.29, 0.717) is 25.7 Å². The van der Waals surface area contributed by atoms with Crippen LogP contribution in [-0.2, 0) is 11.3 Å². The Kier molecular flexibility index (Phi) is 5.52. The number of hydrogen-bond donors (Lipinski definition) is 3. The number of nitrogens with two attached hydrogens (primary N) is 1. The molecule has 2 rings (SSSR count). The first kappa shape index (κ1) is 15.0. The Bertz CT molecular complexity index is 429. The number of aliphatic hydroxyl groups excluding tert-OH is 1. The zero-order valence-electron chi connectivity index (χ0n) is 11.7. The number of hydrogen-bond acceptors (Lipinski definition) is 4. The minimum absolute atomic E-state index is 0.0363. The van der Waals surface area contributed by atoms with E-state index in [0.717, 1.165) is 24.1 Å². The van der Waals surface area contributed by atoms with Gasteiger partial charge < -0.3 is 16.2 Å². The van der Waals surface area contributed by atoms with Gasteiger partial charge in [0.05, 0.1) is 13.2 Å². The maximum Gasteiger partial charge on any atom is 0.238 e. The van der Waals surface area contributed by atoms with Crippen LogP contribution in [0.1, 0.15) is 24.8 Å². The van der Waals surface area contributed by atoms with Crippen LogP contribution in [0.15, 0.2) is 24.3 Å². The molecule has 1 aliphatic rings. The zero-order chi connectivity index (χ0) is 14.4. The fourth-order valence-electron chi connectivity index (χ4n) is 2.38. The number of benzene rings is 1. The van der Waals surface area contributed by atoms with Crippen molar-refractivity contribution in [3.63, 3.8) is 0 Å². The molecular weight excluding hydrogens is 254 g/mol. The average Bonchev–Trinajstić information content (AvgIpc) is 2.37. The molecule has 0 unspecified atom stereocenters. The van der Waals surface area contributed by atoms with Crippen molar-refractivity contribution in [2.24, 2.45) is 5.73 Å². The Hall–Kier alpha value is -1.43. The lowest BCUT2D eigenvalue weighted by Gasteiger charge is -2.36. The Labute approximate surface area is 119 Å². The van der Waals surface area contributed by atoms with Gasteiger partial charge in [0.25, 0.3) is 0 Å². The minimum Gasteiger partial charge on any atom is -0.395 e. The lowest BCUT2D eigenvalue weighted by Crippen LogP contribution is -2.45. The predicted octanol–water partition coefficient (Wildman–Crippen LogP) is 0.931. The summed E-state index contributed by atoms with van der Waals surface area (Å²) >= 11 is 0. The summed E-state index contributed by atoms with van der Waals surface area (Å²) in [5, 5.41) is 12.0. The second-order valence-corrected chi connectivity index (χ2v) is 5.23. The summed E-state index contributed by atoms with van der Waals surface area (Å²) in [6, 6.07) is 7.99. The lowest BCUT2D eigenvalue weighted by molar-refractivity contribution is -0.118. The molecule has 5 heteroatoms. The largest absolute Gasteiger partial charge is 0.395 e. The molecule has 110 valence electrons. The fraction of sp³-hybridized carbons (Fsp3) is 0.533. The average molecular weight is 277 g/mol. The van der Waals surface area contributed by atoms with Crippen LogP contribution in [0.3, 0.4) is 0 Å². The van der Waals surface area contributed by atoms with E-state index in [4.69, 9.17) is 10.8 Å². The van der Waals surface area contributed by atoms with E-state index in [9.17, 15) is 4.79 Å². The Morgan fingerprint density at radius 1 is 1.35 bits per heavy atom. The number of rotatable bonds is 7. The normalized spacial score (nSPS) is 15.2. The van der Waals surface area contributed by atoms with E-state index in [1.54, 1.807) is 0 Å².